The summed E-state index contributed by atoms with van der Waals surface area (Å²) in [5, 5.41) is 2.44. The lowest BCUT2D eigenvalue weighted by atomic mass is 10.1. The molecule has 0 spiro atoms. The third-order valence-corrected chi connectivity index (χ3v) is 2.40. The van der Waals surface area contributed by atoms with Crippen LogP contribution in [0.1, 0.15) is 28.8 Å². The summed E-state index contributed by atoms with van der Waals surface area (Å²) >= 11 is 0. The van der Waals surface area contributed by atoms with Crippen molar-refractivity contribution in [2.75, 3.05) is 13.1 Å². The number of carbonyl (C=O) groups is 1. The van der Waals surface area contributed by atoms with Crippen LogP contribution in [-0.4, -0.2) is 25.2 Å². The van der Waals surface area contributed by atoms with Crippen molar-refractivity contribution in [3.63, 3.8) is 0 Å². The number of hydrogen-bond donors (Lipinski definition) is 2. The van der Waals surface area contributed by atoms with Crippen molar-refractivity contribution >= 4 is 5.91 Å². The smallest absolute Gasteiger partial charge is 0.352 e. The van der Waals surface area contributed by atoms with Gasteiger partial charge in [0.25, 0.3) is 5.91 Å². The fraction of sp³-hybridized carbons (Fsp3) is 0.357. The number of hydrogen-bond acceptors (Lipinski definition) is 2. The Morgan fingerprint density at radius 1 is 1.25 bits per heavy atom. The normalized spacial score (nSPS) is 10.6. The summed E-state index contributed by atoms with van der Waals surface area (Å²) in [6.07, 6.45) is -5.22. The van der Waals surface area contributed by atoms with Crippen LogP contribution in [0.5, 0.6) is 0 Å². The second-order valence-corrected chi connectivity index (χ2v) is 4.06. The van der Waals surface area contributed by atoms with Crippen LogP contribution < -0.4 is 11.1 Å². The van der Waals surface area contributed by atoms with Gasteiger partial charge in [0.1, 0.15) is 0 Å². The molecule has 0 saturated heterocycles. The Morgan fingerprint density at radius 3 is 2.45 bits per heavy atom. The van der Waals surface area contributed by atoms with Gasteiger partial charge in [0.15, 0.2) is 0 Å². The van der Waals surface area contributed by atoms with Crippen LogP contribution in [0.3, 0.4) is 0 Å². The Kier molecular flexibility index (Phi) is 6.07. The van der Waals surface area contributed by atoms with Gasteiger partial charge in [0.05, 0.1) is 6.54 Å². The van der Waals surface area contributed by atoms with E-state index in [1.54, 1.807) is 24.3 Å². The van der Waals surface area contributed by atoms with Gasteiger partial charge in [-0.15, -0.1) is 0 Å². The highest BCUT2D eigenvalue weighted by Crippen LogP contribution is 2.20. The van der Waals surface area contributed by atoms with Crippen molar-refractivity contribution < 1.29 is 18.0 Å². The quantitative estimate of drug-likeness (QED) is 0.657. The molecule has 0 aliphatic rings. The maximum absolute atomic E-state index is 11.9. The third kappa shape index (κ3) is 6.25. The minimum absolute atomic E-state index is 0.00687. The largest absolute Gasteiger partial charge is 0.389 e. The molecule has 0 atom stereocenters. The van der Waals surface area contributed by atoms with E-state index in [4.69, 9.17) is 5.73 Å². The first kappa shape index (κ1) is 16.1. The second kappa shape index (κ2) is 7.56. The molecule has 3 nitrogen and oxygen atoms in total. The van der Waals surface area contributed by atoms with Gasteiger partial charge in [-0.2, -0.15) is 13.2 Å². The van der Waals surface area contributed by atoms with Crippen molar-refractivity contribution in [1.82, 2.24) is 5.32 Å². The Morgan fingerprint density at radius 2 is 1.90 bits per heavy atom. The molecule has 0 fully saturated rings. The molecule has 6 heteroatoms. The fourth-order valence-electron chi connectivity index (χ4n) is 1.45. The van der Waals surface area contributed by atoms with Crippen molar-refractivity contribution in [2.45, 2.75) is 19.0 Å². The van der Waals surface area contributed by atoms with Gasteiger partial charge in [-0.1, -0.05) is 11.8 Å². The van der Waals surface area contributed by atoms with E-state index in [1.165, 1.54) is 0 Å². The van der Waals surface area contributed by atoms with Crippen molar-refractivity contribution in [1.29, 1.82) is 0 Å². The van der Waals surface area contributed by atoms with Crippen LogP contribution in [0.25, 0.3) is 0 Å². The van der Waals surface area contributed by atoms with Gasteiger partial charge in [-0.25, -0.2) is 0 Å². The van der Waals surface area contributed by atoms with Gasteiger partial charge >= 0.3 is 6.18 Å². The summed E-state index contributed by atoms with van der Waals surface area (Å²) in [6, 6.07) is 6.46. The summed E-state index contributed by atoms with van der Waals surface area (Å²) in [6.45, 7) is 0.245. The molecule has 3 N–H and O–H groups in total. The number of halogens is 3. The maximum Gasteiger partial charge on any atom is 0.389 e. The molecule has 1 rings (SSSR count). The molecule has 0 heterocycles. The van der Waals surface area contributed by atoms with Crippen LogP contribution in [0.2, 0.25) is 0 Å². The Balaban J connectivity index is 2.44. The van der Waals surface area contributed by atoms with Crippen LogP contribution >= 0.6 is 0 Å². The summed E-state index contributed by atoms with van der Waals surface area (Å²) in [4.78, 5) is 11.6. The third-order valence-electron chi connectivity index (χ3n) is 2.40. The topological polar surface area (TPSA) is 55.1 Å². The molecule has 0 aromatic heterocycles. The molecule has 0 aliphatic carbocycles. The van der Waals surface area contributed by atoms with Gasteiger partial charge in [-0.05, 0) is 30.7 Å². The van der Waals surface area contributed by atoms with Crippen molar-refractivity contribution in [2.24, 2.45) is 5.73 Å². The molecule has 108 valence electrons. The van der Waals surface area contributed by atoms with E-state index in [-0.39, 0.29) is 19.5 Å². The minimum Gasteiger partial charge on any atom is -0.352 e. The Labute approximate surface area is 115 Å². The zero-order chi connectivity index (χ0) is 15.0. The highest BCUT2D eigenvalue weighted by molar-refractivity contribution is 5.94. The average Bonchev–Trinajstić information content (AvgIpc) is 2.40. The zero-order valence-electron chi connectivity index (χ0n) is 10.8. The predicted molar refractivity (Wildman–Crippen MR) is 70.0 cm³/mol. The first-order valence-electron chi connectivity index (χ1n) is 6.06. The second-order valence-electron chi connectivity index (χ2n) is 4.06. The first-order chi connectivity index (χ1) is 9.42. The van der Waals surface area contributed by atoms with Crippen LogP contribution in [0.4, 0.5) is 13.2 Å². The lowest BCUT2D eigenvalue weighted by molar-refractivity contribution is -0.135. The molecular weight excluding hydrogens is 269 g/mol. The van der Waals surface area contributed by atoms with Crippen LogP contribution in [0.15, 0.2) is 24.3 Å². The molecule has 0 saturated carbocycles. The number of rotatable bonds is 4. The number of nitrogens with one attached hydrogen (secondary N) is 1. The summed E-state index contributed by atoms with van der Waals surface area (Å²) < 4.78 is 35.7. The highest BCUT2D eigenvalue weighted by atomic mass is 19.4. The van der Waals surface area contributed by atoms with Gasteiger partial charge in [-0.3, -0.25) is 4.79 Å². The molecule has 0 unspecified atom stereocenters. The van der Waals surface area contributed by atoms with Crippen molar-refractivity contribution in [3.8, 4) is 11.8 Å². The number of benzene rings is 1. The molecule has 0 radical (unpaired) electrons. The van der Waals surface area contributed by atoms with Crippen LogP contribution in [0, 0.1) is 11.8 Å². The molecule has 1 amide bonds. The Hall–Kier alpha value is -2.00. The molecule has 1 aromatic rings. The van der Waals surface area contributed by atoms with E-state index in [9.17, 15) is 18.0 Å². The van der Waals surface area contributed by atoms with E-state index in [0.717, 1.165) is 5.56 Å². The molecule has 0 aliphatic heterocycles. The monoisotopic (exact) mass is 284 g/mol. The molecule has 20 heavy (non-hydrogen) atoms. The number of amides is 1. The highest BCUT2D eigenvalue weighted by Gasteiger charge is 2.25. The lowest BCUT2D eigenvalue weighted by Crippen LogP contribution is -2.25. The average molecular weight is 284 g/mol. The fourth-order valence-corrected chi connectivity index (χ4v) is 1.45. The first-order valence-corrected chi connectivity index (χ1v) is 6.06. The van der Waals surface area contributed by atoms with E-state index in [0.29, 0.717) is 5.56 Å². The van der Waals surface area contributed by atoms with E-state index in [1.807, 2.05) is 0 Å². The minimum atomic E-state index is -4.19. The zero-order valence-corrected chi connectivity index (χ0v) is 10.8. The molecule has 1 aromatic carbocycles. The van der Waals surface area contributed by atoms with E-state index >= 15 is 0 Å². The number of nitrogens with two attached hydrogens (primary N) is 1. The SMILES string of the molecule is NCC#Cc1ccc(C(=O)NCCCC(F)(F)F)cc1. The van der Waals surface area contributed by atoms with Crippen LogP contribution in [-0.2, 0) is 0 Å². The summed E-state index contributed by atoms with van der Waals surface area (Å²) in [5.74, 6) is 5.09. The number of alkyl halides is 3. The maximum atomic E-state index is 11.9. The van der Waals surface area contributed by atoms with Gasteiger partial charge in [0.2, 0.25) is 0 Å². The molecule has 0 bridgehead atoms. The number of carbonyl (C=O) groups excluding carboxylic acids is 1. The Bertz CT molecular complexity index is 498. The standard InChI is InChI=1S/C14H15F3N2O/c15-14(16,17)8-2-10-19-13(20)12-6-4-11(5-7-12)3-1-9-18/h4-7H,2,8-10,18H2,(H,19,20). The van der Waals surface area contributed by atoms with E-state index in [2.05, 4.69) is 17.2 Å². The van der Waals surface area contributed by atoms with Gasteiger partial charge in [0, 0.05) is 24.1 Å². The van der Waals surface area contributed by atoms with Crippen molar-refractivity contribution in [3.05, 3.63) is 35.4 Å². The molecular formula is C14H15F3N2O. The summed E-state index contributed by atoms with van der Waals surface area (Å²) in [7, 11) is 0. The van der Waals surface area contributed by atoms with E-state index < -0.39 is 18.5 Å². The summed E-state index contributed by atoms with van der Waals surface area (Å²) in [5.41, 5.74) is 6.35. The lowest BCUT2D eigenvalue weighted by Gasteiger charge is -2.07. The predicted octanol–water partition coefficient (Wildman–Crippen LogP) is 2.07. The van der Waals surface area contributed by atoms with Gasteiger partial charge < -0.3 is 11.1 Å².